The summed E-state index contributed by atoms with van der Waals surface area (Å²) in [5.41, 5.74) is 0.425. The topological polar surface area (TPSA) is 85.3 Å². The Bertz CT molecular complexity index is 395. The molecule has 70 valence electrons. The number of carboxylic acid groups (broad SMARTS) is 1. The van der Waals surface area contributed by atoms with Gasteiger partial charge in [-0.05, 0) is 18.6 Å². The van der Waals surface area contributed by atoms with E-state index in [1.165, 1.54) is 6.20 Å². The number of carbonyl (C=O) groups is 1. The van der Waals surface area contributed by atoms with Gasteiger partial charge in [-0.1, -0.05) is 0 Å². The lowest BCUT2D eigenvalue weighted by molar-refractivity contribution is -0.136. The zero-order chi connectivity index (χ0) is 10.0. The summed E-state index contributed by atoms with van der Waals surface area (Å²) < 4.78 is 0.880. The predicted molar refractivity (Wildman–Crippen MR) is 46.9 cm³/mol. The lowest BCUT2D eigenvalue weighted by Crippen LogP contribution is -2.30. The average molecular weight is 182 g/mol. The Labute approximate surface area is 74.4 Å². The fourth-order valence-corrected chi connectivity index (χ4v) is 1.05. The Balaban J connectivity index is 3.26. The van der Waals surface area contributed by atoms with Crippen molar-refractivity contribution in [2.24, 2.45) is 0 Å². The first kappa shape index (κ1) is 9.31. The van der Waals surface area contributed by atoms with Crippen molar-refractivity contribution in [2.45, 2.75) is 13.3 Å². The van der Waals surface area contributed by atoms with Gasteiger partial charge in [0.25, 0.3) is 5.56 Å². The van der Waals surface area contributed by atoms with Crippen LogP contribution in [0.4, 0.5) is 0 Å². The number of nitrogens with two attached hydrogens (primary N) is 1. The van der Waals surface area contributed by atoms with Gasteiger partial charge in [0.2, 0.25) is 0 Å². The summed E-state index contributed by atoms with van der Waals surface area (Å²) in [5, 5.41) is 8.52. The largest absolute Gasteiger partial charge is 0.481 e. The van der Waals surface area contributed by atoms with E-state index in [1.807, 2.05) is 0 Å². The molecule has 5 nitrogen and oxygen atoms in total. The zero-order valence-electron chi connectivity index (χ0n) is 7.15. The molecule has 3 N–H and O–H groups in total. The maximum Gasteiger partial charge on any atom is 0.308 e. The van der Waals surface area contributed by atoms with Crippen molar-refractivity contribution >= 4 is 5.97 Å². The summed E-state index contributed by atoms with van der Waals surface area (Å²) in [6.45, 7) is 1.68. The molecule has 1 rings (SSSR count). The number of aliphatic carboxylic acids is 1. The van der Waals surface area contributed by atoms with E-state index in [0.717, 1.165) is 4.68 Å². The van der Waals surface area contributed by atoms with Gasteiger partial charge in [0.05, 0.1) is 6.42 Å². The first-order valence-corrected chi connectivity index (χ1v) is 3.70. The Morgan fingerprint density at radius 2 is 2.31 bits per heavy atom. The van der Waals surface area contributed by atoms with Crippen LogP contribution in [0, 0.1) is 6.92 Å². The number of nitrogen functional groups attached to an aromatic ring is 1. The Morgan fingerprint density at radius 3 is 2.85 bits per heavy atom. The SMILES string of the molecule is Cc1ccn(N)c(=O)c1CC(=O)O. The monoisotopic (exact) mass is 182 g/mol. The molecular weight excluding hydrogens is 172 g/mol. The number of aromatic nitrogens is 1. The first-order valence-electron chi connectivity index (χ1n) is 3.70. The van der Waals surface area contributed by atoms with E-state index in [1.54, 1.807) is 13.0 Å². The van der Waals surface area contributed by atoms with E-state index in [4.69, 9.17) is 10.9 Å². The second-order valence-electron chi connectivity index (χ2n) is 2.76. The van der Waals surface area contributed by atoms with Gasteiger partial charge in [-0.15, -0.1) is 0 Å². The fourth-order valence-electron chi connectivity index (χ4n) is 1.05. The third-order valence-electron chi connectivity index (χ3n) is 1.78. The van der Waals surface area contributed by atoms with Crippen LogP contribution in [0.5, 0.6) is 0 Å². The molecule has 0 saturated heterocycles. The van der Waals surface area contributed by atoms with Crippen molar-refractivity contribution in [2.75, 3.05) is 5.84 Å². The van der Waals surface area contributed by atoms with Gasteiger partial charge >= 0.3 is 5.97 Å². The Morgan fingerprint density at radius 1 is 1.69 bits per heavy atom. The molecule has 1 aromatic heterocycles. The molecule has 0 radical (unpaired) electrons. The van der Waals surface area contributed by atoms with Crippen LogP contribution < -0.4 is 11.4 Å². The van der Waals surface area contributed by atoms with E-state index >= 15 is 0 Å². The van der Waals surface area contributed by atoms with Crippen molar-refractivity contribution in [3.63, 3.8) is 0 Å². The number of rotatable bonds is 2. The number of carboxylic acids is 1. The number of nitrogens with zero attached hydrogens (tertiary/aromatic N) is 1. The maximum atomic E-state index is 11.3. The third-order valence-corrected chi connectivity index (χ3v) is 1.78. The van der Waals surface area contributed by atoms with Crippen LogP contribution in [-0.2, 0) is 11.2 Å². The van der Waals surface area contributed by atoms with Gasteiger partial charge in [-0.2, -0.15) is 0 Å². The fraction of sp³-hybridized carbons (Fsp3) is 0.250. The molecule has 13 heavy (non-hydrogen) atoms. The summed E-state index contributed by atoms with van der Waals surface area (Å²) in [7, 11) is 0. The molecule has 0 unspecified atom stereocenters. The van der Waals surface area contributed by atoms with Gasteiger partial charge in [0, 0.05) is 11.8 Å². The van der Waals surface area contributed by atoms with Crippen LogP contribution in [0.3, 0.4) is 0 Å². The molecule has 5 heteroatoms. The lowest BCUT2D eigenvalue weighted by atomic mass is 10.1. The second-order valence-corrected chi connectivity index (χ2v) is 2.76. The van der Waals surface area contributed by atoms with E-state index in [-0.39, 0.29) is 12.0 Å². The molecule has 0 spiro atoms. The van der Waals surface area contributed by atoms with Crippen molar-refractivity contribution in [3.8, 4) is 0 Å². The van der Waals surface area contributed by atoms with Gasteiger partial charge < -0.3 is 10.9 Å². The normalized spacial score (nSPS) is 9.92. The number of hydrogen-bond acceptors (Lipinski definition) is 3. The molecule has 1 aromatic rings. The standard InChI is InChI=1S/C8H10N2O3/c1-5-2-3-10(9)8(13)6(5)4-7(11)12/h2-3H,4,9H2,1H3,(H,11,12). The summed E-state index contributed by atoms with van der Waals surface area (Å²) in [5.74, 6) is 4.24. The average Bonchev–Trinajstić information content (AvgIpc) is 2.05. The minimum atomic E-state index is -1.04. The van der Waals surface area contributed by atoms with E-state index < -0.39 is 11.5 Å². The third kappa shape index (κ3) is 1.87. The highest BCUT2D eigenvalue weighted by Gasteiger charge is 2.09. The molecule has 0 aromatic carbocycles. The summed E-state index contributed by atoms with van der Waals surface area (Å²) >= 11 is 0. The summed E-state index contributed by atoms with van der Waals surface area (Å²) in [6, 6.07) is 1.61. The highest BCUT2D eigenvalue weighted by Crippen LogP contribution is 2.01. The predicted octanol–water partition coefficient (Wildman–Crippen LogP) is -0.502. The van der Waals surface area contributed by atoms with E-state index in [2.05, 4.69) is 0 Å². The number of aryl methyl sites for hydroxylation is 1. The summed E-state index contributed by atoms with van der Waals surface area (Å²) in [4.78, 5) is 21.7. The van der Waals surface area contributed by atoms with Gasteiger partial charge in [0.1, 0.15) is 0 Å². The van der Waals surface area contributed by atoms with Crippen LogP contribution in [0.1, 0.15) is 11.1 Å². The number of pyridine rings is 1. The van der Waals surface area contributed by atoms with Crippen molar-refractivity contribution in [1.29, 1.82) is 0 Å². The van der Waals surface area contributed by atoms with Gasteiger partial charge in [0.15, 0.2) is 0 Å². The number of hydrogen-bond donors (Lipinski definition) is 2. The Kier molecular flexibility index (Phi) is 2.36. The molecule has 1 heterocycles. The van der Waals surface area contributed by atoms with Crippen molar-refractivity contribution in [3.05, 3.63) is 33.7 Å². The second kappa shape index (κ2) is 3.30. The molecule has 0 saturated carbocycles. The van der Waals surface area contributed by atoms with Gasteiger partial charge in [-0.3, -0.25) is 9.59 Å². The molecule has 0 aliphatic carbocycles. The highest BCUT2D eigenvalue weighted by molar-refractivity contribution is 5.70. The minimum Gasteiger partial charge on any atom is -0.481 e. The highest BCUT2D eigenvalue weighted by atomic mass is 16.4. The van der Waals surface area contributed by atoms with Crippen LogP contribution in [0.2, 0.25) is 0 Å². The van der Waals surface area contributed by atoms with Gasteiger partial charge in [-0.25, -0.2) is 4.68 Å². The quantitative estimate of drug-likeness (QED) is 0.603. The van der Waals surface area contributed by atoms with Crippen LogP contribution in [-0.4, -0.2) is 15.8 Å². The Hall–Kier alpha value is -1.78. The summed E-state index contributed by atoms with van der Waals surface area (Å²) in [6.07, 6.45) is 1.12. The van der Waals surface area contributed by atoms with E-state index in [9.17, 15) is 9.59 Å². The van der Waals surface area contributed by atoms with Crippen molar-refractivity contribution < 1.29 is 9.90 Å². The van der Waals surface area contributed by atoms with Crippen LogP contribution in [0.25, 0.3) is 0 Å². The van der Waals surface area contributed by atoms with Crippen molar-refractivity contribution in [1.82, 2.24) is 4.68 Å². The molecule has 0 aliphatic heterocycles. The lowest BCUT2D eigenvalue weighted by Gasteiger charge is -2.03. The first-order chi connectivity index (χ1) is 6.02. The maximum absolute atomic E-state index is 11.3. The van der Waals surface area contributed by atoms with Crippen LogP contribution >= 0.6 is 0 Å². The molecule has 0 bridgehead atoms. The molecule has 0 fully saturated rings. The zero-order valence-corrected chi connectivity index (χ0v) is 7.15. The molecule has 0 atom stereocenters. The molecule has 0 aliphatic rings. The smallest absolute Gasteiger partial charge is 0.308 e. The molecular formula is C8H10N2O3. The van der Waals surface area contributed by atoms with E-state index in [0.29, 0.717) is 5.56 Å². The van der Waals surface area contributed by atoms with Crippen LogP contribution in [0.15, 0.2) is 17.1 Å². The minimum absolute atomic E-state index is 0.234. The molecule has 0 amide bonds.